The monoisotopic (exact) mass is 284 g/mol. The summed E-state index contributed by atoms with van der Waals surface area (Å²) >= 11 is 0. The zero-order valence-electron chi connectivity index (χ0n) is 11.7. The number of pyridine rings is 1. The molecule has 21 heavy (non-hydrogen) atoms. The summed E-state index contributed by atoms with van der Waals surface area (Å²) in [6.45, 7) is 2.84. The molecule has 1 fully saturated rings. The van der Waals surface area contributed by atoms with Crippen molar-refractivity contribution in [1.82, 2.24) is 4.98 Å². The van der Waals surface area contributed by atoms with Crippen molar-refractivity contribution in [2.24, 2.45) is 5.41 Å². The van der Waals surface area contributed by atoms with Gasteiger partial charge in [-0.05, 0) is 37.3 Å². The molecule has 0 spiro atoms. The lowest BCUT2D eigenvalue weighted by molar-refractivity contribution is -0.151. The quantitative estimate of drug-likeness (QED) is 0.937. The van der Waals surface area contributed by atoms with Gasteiger partial charge < -0.3 is 14.8 Å². The van der Waals surface area contributed by atoms with E-state index in [2.05, 4.69) is 10.3 Å². The third-order valence-corrected chi connectivity index (χ3v) is 3.36. The molecule has 0 saturated carbocycles. The highest BCUT2D eigenvalue weighted by Crippen LogP contribution is 2.28. The number of hydrogen-bond acceptors (Lipinski definition) is 4. The summed E-state index contributed by atoms with van der Waals surface area (Å²) in [6.07, 6.45) is 1.67. The van der Waals surface area contributed by atoms with Gasteiger partial charge in [0.05, 0.1) is 18.6 Å². The van der Waals surface area contributed by atoms with Gasteiger partial charge in [0.2, 0.25) is 11.8 Å². The number of benzene rings is 1. The van der Waals surface area contributed by atoms with Crippen molar-refractivity contribution in [2.45, 2.75) is 6.92 Å². The third kappa shape index (κ3) is 3.03. The minimum atomic E-state index is -0.414. The average Bonchev–Trinajstić information content (AvgIpc) is 2.48. The lowest BCUT2D eigenvalue weighted by atomic mass is 9.87. The molecule has 1 aliphatic rings. The standard InChI is InChI=1S/C16H16N2O3/c1-16(10-20-11-16)15(19)18-12-5-7-13(8-6-12)21-14-4-2-3-9-17-14/h2-9H,10-11H2,1H3,(H,18,19). The van der Waals surface area contributed by atoms with Crippen LogP contribution in [0.3, 0.4) is 0 Å². The van der Waals surface area contributed by atoms with Crippen molar-refractivity contribution in [3.8, 4) is 11.6 Å². The molecule has 0 atom stereocenters. The second-order valence-corrected chi connectivity index (χ2v) is 5.30. The first-order valence-electron chi connectivity index (χ1n) is 6.74. The average molecular weight is 284 g/mol. The maximum Gasteiger partial charge on any atom is 0.234 e. The van der Waals surface area contributed by atoms with E-state index in [0.29, 0.717) is 24.8 Å². The fourth-order valence-corrected chi connectivity index (χ4v) is 1.96. The van der Waals surface area contributed by atoms with Gasteiger partial charge in [-0.15, -0.1) is 0 Å². The molecule has 1 saturated heterocycles. The second kappa shape index (κ2) is 5.54. The van der Waals surface area contributed by atoms with Crippen LogP contribution < -0.4 is 10.1 Å². The molecule has 0 bridgehead atoms. The smallest absolute Gasteiger partial charge is 0.234 e. The predicted molar refractivity (Wildman–Crippen MR) is 78.3 cm³/mol. The molecule has 3 rings (SSSR count). The van der Waals surface area contributed by atoms with E-state index in [1.54, 1.807) is 36.5 Å². The Balaban J connectivity index is 1.63. The molecule has 108 valence electrons. The Morgan fingerprint density at radius 2 is 2.00 bits per heavy atom. The topological polar surface area (TPSA) is 60.5 Å². The highest BCUT2D eigenvalue weighted by Gasteiger charge is 2.41. The summed E-state index contributed by atoms with van der Waals surface area (Å²) in [4.78, 5) is 16.2. The van der Waals surface area contributed by atoms with Crippen LogP contribution in [0.25, 0.3) is 0 Å². The maximum atomic E-state index is 12.1. The van der Waals surface area contributed by atoms with Gasteiger partial charge in [-0.3, -0.25) is 4.79 Å². The summed E-state index contributed by atoms with van der Waals surface area (Å²) < 4.78 is 10.7. The summed E-state index contributed by atoms with van der Waals surface area (Å²) in [5.74, 6) is 1.19. The minimum Gasteiger partial charge on any atom is -0.439 e. The van der Waals surface area contributed by atoms with E-state index < -0.39 is 5.41 Å². The van der Waals surface area contributed by atoms with Crippen LogP contribution in [0.4, 0.5) is 5.69 Å². The number of nitrogens with zero attached hydrogens (tertiary/aromatic N) is 1. The molecule has 5 heteroatoms. The van der Waals surface area contributed by atoms with E-state index in [4.69, 9.17) is 9.47 Å². The van der Waals surface area contributed by atoms with Gasteiger partial charge in [0.1, 0.15) is 5.75 Å². The van der Waals surface area contributed by atoms with E-state index in [1.165, 1.54) is 0 Å². The van der Waals surface area contributed by atoms with Crippen molar-refractivity contribution < 1.29 is 14.3 Å². The fraction of sp³-hybridized carbons (Fsp3) is 0.250. The van der Waals surface area contributed by atoms with E-state index >= 15 is 0 Å². The molecular formula is C16H16N2O3. The Bertz CT molecular complexity index is 622. The van der Waals surface area contributed by atoms with Crippen LogP contribution in [0, 0.1) is 5.41 Å². The van der Waals surface area contributed by atoms with Gasteiger partial charge >= 0.3 is 0 Å². The lowest BCUT2D eigenvalue weighted by Crippen LogP contribution is -2.49. The number of aromatic nitrogens is 1. The van der Waals surface area contributed by atoms with Crippen molar-refractivity contribution in [3.63, 3.8) is 0 Å². The summed E-state index contributed by atoms with van der Waals surface area (Å²) in [6, 6.07) is 12.7. The maximum absolute atomic E-state index is 12.1. The number of amides is 1. The van der Waals surface area contributed by atoms with E-state index in [-0.39, 0.29) is 5.91 Å². The number of nitrogens with one attached hydrogen (secondary N) is 1. The number of hydrogen-bond donors (Lipinski definition) is 1. The first-order valence-corrected chi connectivity index (χ1v) is 6.74. The van der Waals surface area contributed by atoms with E-state index in [1.807, 2.05) is 19.1 Å². The van der Waals surface area contributed by atoms with Gasteiger partial charge in [0, 0.05) is 18.0 Å². The van der Waals surface area contributed by atoms with E-state index in [0.717, 1.165) is 5.69 Å². The number of carbonyl (C=O) groups is 1. The molecule has 0 aliphatic carbocycles. The van der Waals surface area contributed by atoms with Gasteiger partial charge in [0.15, 0.2) is 0 Å². The lowest BCUT2D eigenvalue weighted by Gasteiger charge is -2.36. The van der Waals surface area contributed by atoms with E-state index in [9.17, 15) is 4.79 Å². The molecule has 1 N–H and O–H groups in total. The second-order valence-electron chi connectivity index (χ2n) is 5.30. The highest BCUT2D eigenvalue weighted by molar-refractivity contribution is 5.95. The largest absolute Gasteiger partial charge is 0.439 e. The van der Waals surface area contributed by atoms with Crippen LogP contribution in [0.5, 0.6) is 11.6 Å². The van der Waals surface area contributed by atoms with Crippen molar-refractivity contribution >= 4 is 11.6 Å². The predicted octanol–water partition coefficient (Wildman–Crippen LogP) is 2.85. The minimum absolute atomic E-state index is 0.0212. The summed E-state index contributed by atoms with van der Waals surface area (Å²) in [7, 11) is 0. The molecule has 5 nitrogen and oxygen atoms in total. The van der Waals surface area contributed by atoms with Crippen molar-refractivity contribution in [3.05, 3.63) is 48.7 Å². The number of anilines is 1. The van der Waals surface area contributed by atoms with Crippen molar-refractivity contribution in [1.29, 1.82) is 0 Å². The molecule has 1 aliphatic heterocycles. The normalized spacial score (nSPS) is 15.9. The van der Waals surface area contributed by atoms with Gasteiger partial charge in [-0.25, -0.2) is 4.98 Å². The Labute approximate surface area is 122 Å². The van der Waals surface area contributed by atoms with Gasteiger partial charge in [-0.1, -0.05) is 6.07 Å². The molecule has 2 heterocycles. The van der Waals surface area contributed by atoms with Crippen molar-refractivity contribution in [2.75, 3.05) is 18.5 Å². The van der Waals surface area contributed by atoms with Gasteiger partial charge in [-0.2, -0.15) is 0 Å². The van der Waals surface area contributed by atoms with Crippen LogP contribution in [-0.2, 0) is 9.53 Å². The fourth-order valence-electron chi connectivity index (χ4n) is 1.96. The summed E-state index contributed by atoms with van der Waals surface area (Å²) in [5, 5.41) is 2.89. The Morgan fingerprint density at radius 3 is 2.57 bits per heavy atom. The van der Waals surface area contributed by atoms with Crippen LogP contribution in [-0.4, -0.2) is 24.1 Å². The Morgan fingerprint density at radius 1 is 1.24 bits per heavy atom. The van der Waals surface area contributed by atoms with Crippen LogP contribution >= 0.6 is 0 Å². The SMILES string of the molecule is CC1(C(=O)Nc2ccc(Oc3ccccn3)cc2)COC1. The molecule has 1 aromatic heterocycles. The number of ether oxygens (including phenoxy) is 2. The highest BCUT2D eigenvalue weighted by atomic mass is 16.5. The third-order valence-electron chi connectivity index (χ3n) is 3.36. The molecule has 0 radical (unpaired) electrons. The van der Waals surface area contributed by atoms with Crippen LogP contribution in [0.1, 0.15) is 6.92 Å². The van der Waals surface area contributed by atoms with Gasteiger partial charge in [0.25, 0.3) is 0 Å². The zero-order chi connectivity index (χ0) is 14.7. The summed E-state index contributed by atoms with van der Waals surface area (Å²) in [5.41, 5.74) is 0.324. The first-order chi connectivity index (χ1) is 10.2. The molecule has 0 unspecified atom stereocenters. The number of rotatable bonds is 4. The molecular weight excluding hydrogens is 268 g/mol. The molecule has 1 amide bonds. The zero-order valence-corrected chi connectivity index (χ0v) is 11.7. The van der Waals surface area contributed by atoms with Crippen LogP contribution in [0.2, 0.25) is 0 Å². The van der Waals surface area contributed by atoms with Crippen LogP contribution in [0.15, 0.2) is 48.7 Å². The Hall–Kier alpha value is -2.40. The number of carbonyl (C=O) groups excluding carboxylic acids is 1. The Kier molecular flexibility index (Phi) is 3.58. The molecule has 1 aromatic carbocycles. The molecule has 2 aromatic rings. The first kappa shape index (κ1) is 13.6.